The van der Waals surface area contributed by atoms with Crippen LogP contribution in [0.3, 0.4) is 0 Å². The molecule has 0 saturated heterocycles. The summed E-state index contributed by atoms with van der Waals surface area (Å²) in [7, 11) is 0. The second kappa shape index (κ2) is 5.42. The van der Waals surface area contributed by atoms with E-state index in [9.17, 15) is 14.9 Å². The van der Waals surface area contributed by atoms with Crippen LogP contribution in [0.5, 0.6) is 0 Å². The Labute approximate surface area is 120 Å². The zero-order valence-corrected chi connectivity index (χ0v) is 12.2. The number of nitrogens with one attached hydrogen (secondary N) is 1. The molecular formula is C14H14N2O3S. The predicted octanol–water partition coefficient (Wildman–Crippen LogP) is 3.83. The van der Waals surface area contributed by atoms with Gasteiger partial charge in [-0.25, -0.2) is 0 Å². The number of anilines is 1. The summed E-state index contributed by atoms with van der Waals surface area (Å²) < 4.78 is 0. The summed E-state index contributed by atoms with van der Waals surface area (Å²) in [5.41, 5.74) is 2.73. The van der Waals surface area contributed by atoms with Crippen molar-refractivity contribution >= 4 is 28.6 Å². The Balaban J connectivity index is 2.22. The van der Waals surface area contributed by atoms with E-state index < -0.39 is 4.92 Å². The van der Waals surface area contributed by atoms with Crippen molar-refractivity contribution < 1.29 is 9.72 Å². The number of benzene rings is 1. The average Bonchev–Trinajstić information content (AvgIpc) is 2.69. The molecule has 6 heteroatoms. The van der Waals surface area contributed by atoms with Crippen molar-refractivity contribution in [1.29, 1.82) is 0 Å². The Morgan fingerprint density at radius 3 is 2.50 bits per heavy atom. The Hall–Kier alpha value is -2.21. The summed E-state index contributed by atoms with van der Waals surface area (Å²) in [6.45, 7) is 5.52. The van der Waals surface area contributed by atoms with Crippen molar-refractivity contribution in [2.45, 2.75) is 20.8 Å². The van der Waals surface area contributed by atoms with Crippen LogP contribution in [0.1, 0.15) is 26.4 Å². The van der Waals surface area contributed by atoms with Gasteiger partial charge in [0.05, 0.1) is 10.5 Å². The molecule has 1 heterocycles. The molecule has 0 aliphatic rings. The largest absolute Gasteiger partial charge is 0.322 e. The van der Waals surface area contributed by atoms with Gasteiger partial charge in [-0.1, -0.05) is 0 Å². The van der Waals surface area contributed by atoms with Crippen LogP contribution in [0.25, 0.3) is 0 Å². The highest BCUT2D eigenvalue weighted by Crippen LogP contribution is 2.24. The average molecular weight is 290 g/mol. The lowest BCUT2D eigenvalue weighted by atomic mass is 10.1. The first-order valence-electron chi connectivity index (χ1n) is 6.01. The van der Waals surface area contributed by atoms with Crippen LogP contribution in [0.4, 0.5) is 11.4 Å². The summed E-state index contributed by atoms with van der Waals surface area (Å²) in [5, 5.41) is 15.3. The van der Waals surface area contributed by atoms with Crippen molar-refractivity contribution in [1.82, 2.24) is 0 Å². The molecule has 0 saturated carbocycles. The normalized spacial score (nSPS) is 10.3. The minimum absolute atomic E-state index is 0.0468. The number of rotatable bonds is 3. The highest BCUT2D eigenvalue weighted by atomic mass is 32.1. The number of nitrogens with zero attached hydrogens (tertiary/aromatic N) is 1. The molecule has 0 fully saturated rings. The summed E-state index contributed by atoms with van der Waals surface area (Å²) in [6, 6.07) is 4.54. The SMILES string of the molecule is Cc1cc(NC(=O)c2csc(C)c2C)ccc1[N+](=O)[O-]. The Bertz CT molecular complexity index is 692. The number of nitro groups is 1. The van der Waals surface area contributed by atoms with Gasteiger partial charge in [-0.3, -0.25) is 14.9 Å². The molecule has 1 aromatic carbocycles. The van der Waals surface area contributed by atoms with Crippen molar-refractivity contribution in [2.24, 2.45) is 0 Å². The van der Waals surface area contributed by atoms with E-state index in [0.29, 0.717) is 16.8 Å². The number of thiophene rings is 1. The van der Waals surface area contributed by atoms with E-state index in [1.54, 1.807) is 13.0 Å². The molecule has 1 amide bonds. The van der Waals surface area contributed by atoms with Crippen molar-refractivity contribution in [3.63, 3.8) is 0 Å². The summed E-state index contributed by atoms with van der Waals surface area (Å²) in [5.74, 6) is -0.194. The van der Waals surface area contributed by atoms with E-state index >= 15 is 0 Å². The number of carbonyl (C=O) groups excluding carboxylic acids is 1. The van der Waals surface area contributed by atoms with E-state index in [-0.39, 0.29) is 11.6 Å². The first-order chi connectivity index (χ1) is 9.40. The maximum Gasteiger partial charge on any atom is 0.272 e. The molecule has 1 aromatic heterocycles. The van der Waals surface area contributed by atoms with Gasteiger partial charge in [0.2, 0.25) is 0 Å². The summed E-state index contributed by atoms with van der Waals surface area (Å²) >= 11 is 1.53. The topological polar surface area (TPSA) is 72.2 Å². The predicted molar refractivity (Wildman–Crippen MR) is 79.6 cm³/mol. The van der Waals surface area contributed by atoms with Gasteiger partial charge >= 0.3 is 0 Å². The van der Waals surface area contributed by atoms with Crippen molar-refractivity contribution in [2.75, 3.05) is 5.32 Å². The maximum atomic E-state index is 12.1. The van der Waals surface area contributed by atoms with E-state index in [2.05, 4.69) is 5.32 Å². The van der Waals surface area contributed by atoms with Crippen LogP contribution in [-0.4, -0.2) is 10.8 Å². The number of hydrogen-bond donors (Lipinski definition) is 1. The van der Waals surface area contributed by atoms with Gasteiger partial charge in [-0.05, 0) is 38.5 Å². The fourth-order valence-electron chi connectivity index (χ4n) is 1.87. The third-order valence-corrected chi connectivity index (χ3v) is 4.19. The van der Waals surface area contributed by atoms with Crippen LogP contribution < -0.4 is 5.32 Å². The van der Waals surface area contributed by atoms with Crippen LogP contribution in [-0.2, 0) is 0 Å². The molecule has 0 bridgehead atoms. The maximum absolute atomic E-state index is 12.1. The zero-order valence-electron chi connectivity index (χ0n) is 11.4. The molecule has 1 N–H and O–H groups in total. The lowest BCUT2D eigenvalue weighted by Crippen LogP contribution is -2.12. The smallest absolute Gasteiger partial charge is 0.272 e. The van der Waals surface area contributed by atoms with Gasteiger partial charge < -0.3 is 5.32 Å². The van der Waals surface area contributed by atoms with E-state index in [1.807, 2.05) is 19.2 Å². The first kappa shape index (κ1) is 14.2. The molecule has 0 radical (unpaired) electrons. The van der Waals surface area contributed by atoms with Gasteiger partial charge in [0.1, 0.15) is 0 Å². The Morgan fingerprint density at radius 2 is 2.00 bits per heavy atom. The number of nitro benzene ring substituents is 1. The van der Waals surface area contributed by atoms with Gasteiger partial charge in [0, 0.05) is 27.6 Å². The van der Waals surface area contributed by atoms with Crippen LogP contribution >= 0.6 is 11.3 Å². The number of aryl methyl sites for hydroxylation is 2. The highest BCUT2D eigenvalue weighted by Gasteiger charge is 2.15. The molecule has 0 aliphatic heterocycles. The van der Waals surface area contributed by atoms with E-state index in [0.717, 1.165) is 10.4 Å². The molecule has 104 valence electrons. The third kappa shape index (κ3) is 2.70. The molecule has 5 nitrogen and oxygen atoms in total. The summed E-state index contributed by atoms with van der Waals surface area (Å²) in [4.78, 5) is 23.6. The Morgan fingerprint density at radius 1 is 1.30 bits per heavy atom. The van der Waals surface area contributed by atoms with Gasteiger partial charge in [-0.15, -0.1) is 11.3 Å². The number of hydrogen-bond acceptors (Lipinski definition) is 4. The highest BCUT2D eigenvalue weighted by molar-refractivity contribution is 7.10. The lowest BCUT2D eigenvalue weighted by Gasteiger charge is -2.06. The van der Waals surface area contributed by atoms with Crippen LogP contribution in [0.2, 0.25) is 0 Å². The third-order valence-electron chi connectivity index (χ3n) is 3.18. The fraction of sp³-hybridized carbons (Fsp3) is 0.214. The second-order valence-corrected chi connectivity index (χ2v) is 5.63. The van der Waals surface area contributed by atoms with E-state index in [1.165, 1.54) is 23.5 Å². The molecule has 0 unspecified atom stereocenters. The van der Waals surface area contributed by atoms with Gasteiger partial charge in [-0.2, -0.15) is 0 Å². The zero-order chi connectivity index (χ0) is 14.9. The van der Waals surface area contributed by atoms with Crippen LogP contribution in [0.15, 0.2) is 23.6 Å². The molecular weight excluding hydrogens is 276 g/mol. The quantitative estimate of drug-likeness (QED) is 0.689. The second-order valence-electron chi connectivity index (χ2n) is 4.54. The molecule has 0 atom stereocenters. The van der Waals surface area contributed by atoms with Gasteiger partial charge in [0.15, 0.2) is 0 Å². The van der Waals surface area contributed by atoms with Crippen molar-refractivity contribution in [3.8, 4) is 0 Å². The number of amides is 1. The number of carbonyl (C=O) groups is 1. The minimum atomic E-state index is -0.437. The molecule has 2 aromatic rings. The Kier molecular flexibility index (Phi) is 3.85. The van der Waals surface area contributed by atoms with Crippen molar-refractivity contribution in [3.05, 3.63) is 55.3 Å². The monoisotopic (exact) mass is 290 g/mol. The standard InChI is InChI=1S/C14H14N2O3S/c1-8-6-11(4-5-13(8)16(18)19)15-14(17)12-7-20-10(3)9(12)2/h4-7H,1-3H3,(H,15,17). The minimum Gasteiger partial charge on any atom is -0.322 e. The lowest BCUT2D eigenvalue weighted by molar-refractivity contribution is -0.385. The van der Waals surface area contributed by atoms with Gasteiger partial charge in [0.25, 0.3) is 11.6 Å². The molecule has 0 spiro atoms. The molecule has 0 aliphatic carbocycles. The molecule has 20 heavy (non-hydrogen) atoms. The first-order valence-corrected chi connectivity index (χ1v) is 6.89. The summed E-state index contributed by atoms with van der Waals surface area (Å²) in [6.07, 6.45) is 0. The fourth-order valence-corrected chi connectivity index (χ4v) is 2.74. The van der Waals surface area contributed by atoms with E-state index in [4.69, 9.17) is 0 Å². The van der Waals surface area contributed by atoms with Crippen LogP contribution in [0, 0.1) is 30.9 Å². The molecule has 2 rings (SSSR count).